The quantitative estimate of drug-likeness (QED) is 0.703. The van der Waals surface area contributed by atoms with E-state index in [0.717, 1.165) is 0 Å². The van der Waals surface area contributed by atoms with Crippen molar-refractivity contribution < 1.29 is 24.2 Å². The van der Waals surface area contributed by atoms with Gasteiger partial charge in [-0.2, -0.15) is 11.8 Å². The lowest BCUT2D eigenvalue weighted by molar-refractivity contribution is -0.146. The number of hydrogen-bond donors (Lipinski definition) is 2. The number of carboxylic acid groups (broad SMARTS) is 1. The number of carboxylic acids is 1. The molecule has 21 heavy (non-hydrogen) atoms. The summed E-state index contributed by atoms with van der Waals surface area (Å²) >= 11 is 1.54. The third kappa shape index (κ3) is 5.45. The Bertz CT molecular complexity index is 383. The Morgan fingerprint density at radius 1 is 1.38 bits per heavy atom. The number of likely N-dealkylation sites (tertiary alicyclic amines) is 1. The molecule has 2 N–H and O–H groups in total. The Morgan fingerprint density at radius 2 is 2.00 bits per heavy atom. The lowest BCUT2D eigenvalue weighted by atomic mass is 9.97. The van der Waals surface area contributed by atoms with Gasteiger partial charge in [0.1, 0.15) is 6.04 Å². The molecule has 1 aliphatic heterocycles. The molecular formula is C13H22N2O5S. The van der Waals surface area contributed by atoms with E-state index in [1.54, 1.807) is 4.90 Å². The SMILES string of the molecule is COC(=O)C1CCN(C(=O)N[C@@H](CCSC)C(=O)O)CC1. The van der Waals surface area contributed by atoms with Crippen LogP contribution < -0.4 is 5.32 Å². The van der Waals surface area contributed by atoms with Gasteiger partial charge < -0.3 is 20.1 Å². The fourth-order valence-corrected chi connectivity index (χ4v) is 2.69. The van der Waals surface area contributed by atoms with Gasteiger partial charge in [-0.3, -0.25) is 4.79 Å². The van der Waals surface area contributed by atoms with Crippen molar-refractivity contribution in [3.05, 3.63) is 0 Å². The maximum atomic E-state index is 12.1. The summed E-state index contributed by atoms with van der Waals surface area (Å²) in [5.41, 5.74) is 0. The second kappa shape index (κ2) is 8.76. The fraction of sp³-hybridized carbons (Fsp3) is 0.769. The van der Waals surface area contributed by atoms with E-state index in [-0.39, 0.29) is 17.9 Å². The van der Waals surface area contributed by atoms with Gasteiger partial charge in [0, 0.05) is 13.1 Å². The van der Waals surface area contributed by atoms with Crippen molar-refractivity contribution in [1.82, 2.24) is 10.2 Å². The standard InChI is InChI=1S/C13H22N2O5S/c1-20-12(18)9-3-6-15(7-4-9)13(19)14-10(11(16)17)5-8-21-2/h9-10H,3-8H2,1-2H3,(H,14,19)(H,16,17)/t10-/m0/s1. The summed E-state index contributed by atoms with van der Waals surface area (Å²) in [5.74, 6) is -0.784. The summed E-state index contributed by atoms with van der Waals surface area (Å²) in [7, 11) is 1.35. The lowest BCUT2D eigenvalue weighted by Gasteiger charge is -2.31. The molecule has 120 valence electrons. The van der Waals surface area contributed by atoms with E-state index in [0.29, 0.717) is 38.1 Å². The third-order valence-corrected chi connectivity index (χ3v) is 4.17. The van der Waals surface area contributed by atoms with Crippen molar-refractivity contribution in [3.8, 4) is 0 Å². The van der Waals surface area contributed by atoms with Crippen LogP contribution in [0, 0.1) is 5.92 Å². The molecule has 1 heterocycles. The Hall–Kier alpha value is -1.44. The van der Waals surface area contributed by atoms with Gasteiger partial charge in [-0.1, -0.05) is 0 Å². The van der Waals surface area contributed by atoms with Crippen LogP contribution in [0.4, 0.5) is 4.79 Å². The van der Waals surface area contributed by atoms with Gasteiger partial charge in [-0.25, -0.2) is 9.59 Å². The van der Waals surface area contributed by atoms with Crippen molar-refractivity contribution >= 4 is 29.7 Å². The van der Waals surface area contributed by atoms with E-state index in [4.69, 9.17) is 5.11 Å². The number of nitrogens with one attached hydrogen (secondary N) is 1. The lowest BCUT2D eigenvalue weighted by Crippen LogP contribution is -2.50. The van der Waals surface area contributed by atoms with Gasteiger partial charge in [0.25, 0.3) is 0 Å². The number of amides is 2. The van der Waals surface area contributed by atoms with Crippen molar-refractivity contribution in [2.75, 3.05) is 32.2 Å². The van der Waals surface area contributed by atoms with E-state index in [2.05, 4.69) is 10.1 Å². The molecule has 0 radical (unpaired) electrons. The third-order valence-electron chi connectivity index (χ3n) is 3.52. The molecule has 7 nitrogen and oxygen atoms in total. The molecule has 0 aromatic carbocycles. The number of aliphatic carboxylic acids is 1. The molecule has 0 unspecified atom stereocenters. The molecule has 8 heteroatoms. The number of ether oxygens (including phenoxy) is 1. The van der Waals surface area contributed by atoms with Gasteiger partial charge in [0.05, 0.1) is 13.0 Å². The minimum atomic E-state index is -1.03. The molecule has 1 rings (SSSR count). The fourth-order valence-electron chi connectivity index (χ4n) is 2.22. The maximum Gasteiger partial charge on any atom is 0.326 e. The first-order valence-electron chi connectivity index (χ1n) is 6.84. The largest absolute Gasteiger partial charge is 0.480 e. The summed E-state index contributed by atoms with van der Waals surface area (Å²) in [4.78, 5) is 36.1. The highest BCUT2D eigenvalue weighted by Crippen LogP contribution is 2.18. The van der Waals surface area contributed by atoms with Crippen molar-refractivity contribution in [2.45, 2.75) is 25.3 Å². The molecular weight excluding hydrogens is 296 g/mol. The zero-order chi connectivity index (χ0) is 15.8. The number of nitrogens with zero attached hydrogens (tertiary/aromatic N) is 1. The topological polar surface area (TPSA) is 95.9 Å². The molecule has 0 aromatic heterocycles. The van der Waals surface area contributed by atoms with Gasteiger partial charge in [-0.15, -0.1) is 0 Å². The van der Waals surface area contributed by atoms with Crippen LogP contribution in [0.25, 0.3) is 0 Å². The molecule has 0 spiro atoms. The van der Waals surface area contributed by atoms with Gasteiger partial charge in [0.15, 0.2) is 0 Å². The number of rotatable bonds is 6. The number of piperidine rings is 1. The molecule has 0 saturated carbocycles. The number of hydrogen-bond acceptors (Lipinski definition) is 5. The molecule has 2 amide bonds. The number of esters is 1. The molecule has 1 aliphatic rings. The van der Waals surface area contributed by atoms with E-state index in [9.17, 15) is 14.4 Å². The number of thioether (sulfide) groups is 1. The zero-order valence-corrected chi connectivity index (χ0v) is 13.1. The average Bonchev–Trinajstić information content (AvgIpc) is 2.50. The average molecular weight is 318 g/mol. The summed E-state index contributed by atoms with van der Waals surface area (Å²) in [6.07, 6.45) is 3.37. The molecule has 0 bridgehead atoms. The number of carbonyl (C=O) groups excluding carboxylic acids is 2. The first-order valence-corrected chi connectivity index (χ1v) is 8.24. The zero-order valence-electron chi connectivity index (χ0n) is 12.3. The molecule has 1 atom stereocenters. The minimum absolute atomic E-state index is 0.175. The maximum absolute atomic E-state index is 12.1. The van der Waals surface area contributed by atoms with Crippen LogP contribution in [0.15, 0.2) is 0 Å². The van der Waals surface area contributed by atoms with Crippen molar-refractivity contribution in [3.63, 3.8) is 0 Å². The predicted molar refractivity (Wildman–Crippen MR) is 79.3 cm³/mol. The normalized spacial score (nSPS) is 17.1. The first kappa shape index (κ1) is 17.6. The second-order valence-electron chi connectivity index (χ2n) is 4.91. The number of urea groups is 1. The van der Waals surface area contributed by atoms with Crippen LogP contribution in [0.5, 0.6) is 0 Å². The summed E-state index contributed by atoms with van der Waals surface area (Å²) in [6.45, 7) is 0.862. The minimum Gasteiger partial charge on any atom is -0.480 e. The van der Waals surface area contributed by atoms with Crippen LogP contribution in [0.1, 0.15) is 19.3 Å². The highest BCUT2D eigenvalue weighted by atomic mass is 32.2. The molecule has 0 aliphatic carbocycles. The van der Waals surface area contributed by atoms with Gasteiger partial charge in [-0.05, 0) is 31.3 Å². The summed E-state index contributed by atoms with van der Waals surface area (Å²) < 4.78 is 4.69. The highest BCUT2D eigenvalue weighted by Gasteiger charge is 2.29. The Balaban J connectivity index is 2.45. The van der Waals surface area contributed by atoms with E-state index >= 15 is 0 Å². The smallest absolute Gasteiger partial charge is 0.326 e. The van der Waals surface area contributed by atoms with Gasteiger partial charge in [0.2, 0.25) is 0 Å². The van der Waals surface area contributed by atoms with Crippen LogP contribution in [-0.2, 0) is 14.3 Å². The first-order chi connectivity index (χ1) is 9.99. The van der Waals surface area contributed by atoms with E-state index < -0.39 is 12.0 Å². The summed E-state index contributed by atoms with van der Waals surface area (Å²) in [5, 5.41) is 11.6. The van der Waals surface area contributed by atoms with Crippen LogP contribution in [-0.4, -0.2) is 66.2 Å². The van der Waals surface area contributed by atoms with Gasteiger partial charge >= 0.3 is 18.0 Å². The Morgan fingerprint density at radius 3 is 2.48 bits per heavy atom. The second-order valence-corrected chi connectivity index (χ2v) is 5.89. The van der Waals surface area contributed by atoms with Crippen LogP contribution >= 0.6 is 11.8 Å². The van der Waals surface area contributed by atoms with Crippen LogP contribution in [0.2, 0.25) is 0 Å². The Labute approximate surface area is 128 Å². The predicted octanol–water partition coefficient (Wildman–Crippen LogP) is 0.787. The monoisotopic (exact) mass is 318 g/mol. The Kier molecular flexibility index (Phi) is 7.35. The number of carbonyl (C=O) groups is 3. The van der Waals surface area contributed by atoms with Crippen molar-refractivity contribution in [2.24, 2.45) is 5.92 Å². The summed E-state index contributed by atoms with van der Waals surface area (Å²) in [6, 6.07) is -1.25. The highest BCUT2D eigenvalue weighted by molar-refractivity contribution is 7.98. The molecule has 0 aromatic rings. The van der Waals surface area contributed by atoms with E-state index in [1.165, 1.54) is 18.9 Å². The van der Waals surface area contributed by atoms with E-state index in [1.807, 2.05) is 6.26 Å². The number of methoxy groups -OCH3 is 1. The molecule has 1 saturated heterocycles. The van der Waals surface area contributed by atoms with Crippen LogP contribution in [0.3, 0.4) is 0 Å². The van der Waals surface area contributed by atoms with Crippen molar-refractivity contribution in [1.29, 1.82) is 0 Å². The molecule has 1 fully saturated rings.